The van der Waals surface area contributed by atoms with Crippen LogP contribution >= 0.6 is 0 Å². The van der Waals surface area contributed by atoms with Gasteiger partial charge in [-0.1, -0.05) is 72.8 Å². The van der Waals surface area contributed by atoms with Gasteiger partial charge in [-0.3, -0.25) is 0 Å². The fourth-order valence-corrected chi connectivity index (χ4v) is 9.33. The van der Waals surface area contributed by atoms with Crippen LogP contribution in [0, 0.1) is 24.7 Å². The molecule has 4 fully saturated rings. The molecule has 10 rings (SSSR count). The first-order valence-electron chi connectivity index (χ1n) is 14.5. The van der Waals surface area contributed by atoms with Gasteiger partial charge in [0.15, 0.2) is 0 Å². The van der Waals surface area contributed by atoms with Gasteiger partial charge in [-0.2, -0.15) is 0 Å². The molecule has 0 N–H and O–H groups in total. The van der Waals surface area contributed by atoms with Crippen molar-refractivity contribution in [3.8, 4) is 11.1 Å². The Hall–Kier alpha value is -3.58. The van der Waals surface area contributed by atoms with Gasteiger partial charge in [0.2, 0.25) is 0 Å². The summed E-state index contributed by atoms with van der Waals surface area (Å²) in [6.07, 6.45) is 8.76. The number of fused-ring (bicyclic) bond motifs is 8. The molecule has 1 heteroatoms. The molecule has 186 valence electrons. The third-order valence-corrected chi connectivity index (χ3v) is 10.5. The predicted molar refractivity (Wildman–Crippen MR) is 159 cm³/mol. The molecule has 4 saturated carbocycles. The van der Waals surface area contributed by atoms with Crippen molar-refractivity contribution in [2.75, 3.05) is 0 Å². The first kappa shape index (κ1) is 21.4. The number of furan rings is 1. The van der Waals surface area contributed by atoms with Crippen molar-refractivity contribution in [1.82, 2.24) is 0 Å². The Labute approximate surface area is 223 Å². The Morgan fingerprint density at radius 2 is 1.16 bits per heavy atom. The van der Waals surface area contributed by atoms with Crippen LogP contribution in [0.4, 0.5) is 0 Å². The summed E-state index contributed by atoms with van der Waals surface area (Å²) in [4.78, 5) is 0. The van der Waals surface area contributed by atoms with E-state index in [0.29, 0.717) is 5.41 Å². The van der Waals surface area contributed by atoms with Crippen LogP contribution in [0.1, 0.15) is 49.7 Å². The second-order valence-corrected chi connectivity index (χ2v) is 12.8. The molecule has 1 heterocycles. The topological polar surface area (TPSA) is 13.1 Å². The monoisotopic (exact) mass is 492 g/mol. The zero-order chi connectivity index (χ0) is 25.0. The second-order valence-electron chi connectivity index (χ2n) is 12.8. The first-order chi connectivity index (χ1) is 18.6. The summed E-state index contributed by atoms with van der Waals surface area (Å²) in [6, 6.07) is 31.9. The molecule has 1 nitrogen and oxygen atoms in total. The van der Waals surface area contributed by atoms with Crippen LogP contribution in [0.2, 0.25) is 0 Å². The highest BCUT2D eigenvalue weighted by Gasteiger charge is 2.51. The number of aryl methyl sites for hydroxylation is 1. The van der Waals surface area contributed by atoms with Crippen molar-refractivity contribution in [3.63, 3.8) is 0 Å². The molecule has 0 radical (unpaired) electrons. The van der Waals surface area contributed by atoms with E-state index < -0.39 is 0 Å². The van der Waals surface area contributed by atoms with Crippen molar-refractivity contribution in [2.24, 2.45) is 17.8 Å². The Morgan fingerprint density at radius 1 is 0.579 bits per heavy atom. The lowest BCUT2D eigenvalue weighted by Crippen LogP contribution is -2.48. The molecule has 0 aliphatic heterocycles. The minimum Gasteiger partial charge on any atom is -0.455 e. The van der Waals surface area contributed by atoms with E-state index >= 15 is 0 Å². The van der Waals surface area contributed by atoms with Crippen LogP contribution in [0.3, 0.4) is 0 Å². The zero-order valence-corrected chi connectivity index (χ0v) is 22.0. The van der Waals surface area contributed by atoms with E-state index in [4.69, 9.17) is 4.42 Å². The predicted octanol–water partition coefficient (Wildman–Crippen LogP) is 10.3. The molecule has 4 aliphatic rings. The van der Waals surface area contributed by atoms with Gasteiger partial charge in [0, 0.05) is 16.2 Å². The highest BCUT2D eigenvalue weighted by molar-refractivity contribution is 6.30. The molecule has 6 aromatic rings. The second kappa shape index (κ2) is 7.50. The summed E-state index contributed by atoms with van der Waals surface area (Å²) in [5.74, 6) is 2.93. The molecule has 0 spiro atoms. The molecule has 5 aromatic carbocycles. The van der Waals surface area contributed by atoms with E-state index in [0.717, 1.165) is 28.9 Å². The first-order valence-corrected chi connectivity index (χ1v) is 14.5. The lowest BCUT2D eigenvalue weighted by molar-refractivity contribution is -0.00518. The molecule has 38 heavy (non-hydrogen) atoms. The molecule has 0 unspecified atom stereocenters. The summed E-state index contributed by atoms with van der Waals surface area (Å²) >= 11 is 0. The smallest absolute Gasteiger partial charge is 0.143 e. The Morgan fingerprint density at radius 3 is 1.82 bits per heavy atom. The highest BCUT2D eigenvalue weighted by atomic mass is 16.3. The van der Waals surface area contributed by atoms with Gasteiger partial charge in [0.1, 0.15) is 11.2 Å². The number of hydrogen-bond acceptors (Lipinski definition) is 1. The van der Waals surface area contributed by atoms with Gasteiger partial charge in [0.05, 0.1) is 0 Å². The highest BCUT2D eigenvalue weighted by Crippen LogP contribution is 2.60. The minimum absolute atomic E-state index is 0.452. The average molecular weight is 493 g/mol. The third kappa shape index (κ3) is 2.88. The van der Waals surface area contributed by atoms with Crippen LogP contribution in [0.5, 0.6) is 0 Å². The lowest BCUT2D eigenvalue weighted by atomic mass is 9.48. The number of benzene rings is 5. The summed E-state index contributed by atoms with van der Waals surface area (Å²) in [5.41, 5.74) is 7.86. The van der Waals surface area contributed by atoms with Crippen molar-refractivity contribution in [3.05, 3.63) is 96.1 Å². The molecule has 0 saturated heterocycles. The maximum absolute atomic E-state index is 6.65. The lowest BCUT2D eigenvalue weighted by Gasteiger charge is -2.57. The summed E-state index contributed by atoms with van der Waals surface area (Å²) in [7, 11) is 0. The number of rotatable bonds is 2. The molecule has 0 amide bonds. The van der Waals surface area contributed by atoms with E-state index in [2.05, 4.69) is 91.9 Å². The van der Waals surface area contributed by atoms with E-state index in [1.165, 1.54) is 87.5 Å². The van der Waals surface area contributed by atoms with E-state index in [-0.39, 0.29) is 0 Å². The zero-order valence-electron chi connectivity index (χ0n) is 22.0. The van der Waals surface area contributed by atoms with Crippen LogP contribution in [0.15, 0.2) is 89.3 Å². The fourth-order valence-electron chi connectivity index (χ4n) is 9.33. The quantitative estimate of drug-likeness (QED) is 0.219. The van der Waals surface area contributed by atoms with Crippen LogP contribution in [-0.2, 0) is 5.41 Å². The van der Waals surface area contributed by atoms with Crippen LogP contribution < -0.4 is 0 Å². The van der Waals surface area contributed by atoms with E-state index in [1.807, 2.05) is 0 Å². The largest absolute Gasteiger partial charge is 0.455 e. The standard InChI is InChI=1S/C37H32O/c1-22-14-27(26-10-12-28(13-11-26)37-19-23-15-24(20-37)17-25(16-23)21-37)18-33-34-31-8-4-2-6-29(31)30-7-3-5-9-32(30)36(34)38-35(22)33/h2-14,18,23-25H,15-17,19-21H2,1H3. The van der Waals surface area contributed by atoms with Crippen LogP contribution in [0.25, 0.3) is 54.6 Å². The minimum atomic E-state index is 0.452. The van der Waals surface area contributed by atoms with Gasteiger partial charge in [-0.25, -0.2) is 0 Å². The summed E-state index contributed by atoms with van der Waals surface area (Å²) in [6.45, 7) is 2.20. The average Bonchev–Trinajstić information content (AvgIpc) is 3.33. The van der Waals surface area contributed by atoms with Gasteiger partial charge in [-0.05, 0) is 119 Å². The number of hydrogen-bond donors (Lipinski definition) is 0. The Bertz CT molecular complexity index is 1870. The van der Waals surface area contributed by atoms with Gasteiger partial charge in [0.25, 0.3) is 0 Å². The molecular weight excluding hydrogens is 460 g/mol. The van der Waals surface area contributed by atoms with Crippen molar-refractivity contribution >= 4 is 43.5 Å². The summed E-state index contributed by atoms with van der Waals surface area (Å²) in [5, 5.41) is 7.48. The van der Waals surface area contributed by atoms with Gasteiger partial charge >= 0.3 is 0 Å². The SMILES string of the molecule is Cc1cc(-c2ccc(C34CC5CC(CC(C5)C3)C4)cc2)cc2c1oc1c3ccccc3c3ccccc3c21. The van der Waals surface area contributed by atoms with Gasteiger partial charge in [-0.15, -0.1) is 0 Å². The van der Waals surface area contributed by atoms with Crippen molar-refractivity contribution in [2.45, 2.75) is 50.9 Å². The van der Waals surface area contributed by atoms with Gasteiger partial charge < -0.3 is 4.42 Å². The Balaban J connectivity index is 1.21. The normalized spacial score (nSPS) is 26.3. The summed E-state index contributed by atoms with van der Waals surface area (Å²) < 4.78 is 6.65. The third-order valence-electron chi connectivity index (χ3n) is 10.5. The van der Waals surface area contributed by atoms with E-state index in [1.54, 1.807) is 5.56 Å². The fraction of sp³-hybridized carbons (Fsp3) is 0.297. The van der Waals surface area contributed by atoms with Crippen molar-refractivity contribution in [1.29, 1.82) is 0 Å². The van der Waals surface area contributed by atoms with E-state index in [9.17, 15) is 0 Å². The molecular formula is C37H32O. The Kier molecular flexibility index (Phi) is 4.22. The van der Waals surface area contributed by atoms with Crippen molar-refractivity contribution < 1.29 is 4.42 Å². The molecule has 0 atom stereocenters. The maximum atomic E-state index is 6.65. The molecule has 4 bridgehead atoms. The maximum Gasteiger partial charge on any atom is 0.143 e. The van der Waals surface area contributed by atoms with Crippen LogP contribution in [-0.4, -0.2) is 0 Å². The molecule has 4 aliphatic carbocycles. The molecule has 1 aromatic heterocycles.